The van der Waals surface area contributed by atoms with Gasteiger partial charge in [-0.1, -0.05) is 19.3 Å². The lowest BCUT2D eigenvalue weighted by Crippen LogP contribution is -2.53. The van der Waals surface area contributed by atoms with Crippen molar-refractivity contribution < 1.29 is 9.47 Å². The van der Waals surface area contributed by atoms with E-state index in [4.69, 9.17) is 9.47 Å². The van der Waals surface area contributed by atoms with Gasteiger partial charge >= 0.3 is 0 Å². The molecule has 4 heteroatoms. The van der Waals surface area contributed by atoms with Crippen molar-refractivity contribution in [3.05, 3.63) is 0 Å². The zero-order chi connectivity index (χ0) is 14.3. The van der Waals surface area contributed by atoms with E-state index in [0.717, 1.165) is 13.2 Å². The predicted molar refractivity (Wildman–Crippen MR) is 82.2 cm³/mol. The van der Waals surface area contributed by atoms with E-state index in [-0.39, 0.29) is 0 Å². The number of nitrogens with zero attached hydrogens (tertiary/aromatic N) is 1. The Morgan fingerprint density at radius 3 is 2.70 bits per heavy atom. The van der Waals surface area contributed by atoms with Crippen LogP contribution < -0.4 is 5.32 Å². The number of hydrogen-bond donors (Lipinski definition) is 1. The van der Waals surface area contributed by atoms with Crippen LogP contribution in [0.15, 0.2) is 0 Å². The highest BCUT2D eigenvalue weighted by atomic mass is 16.5. The van der Waals surface area contributed by atoms with E-state index >= 15 is 0 Å². The van der Waals surface area contributed by atoms with Crippen molar-refractivity contribution in [3.63, 3.8) is 0 Å². The number of rotatable bonds is 6. The van der Waals surface area contributed by atoms with Crippen LogP contribution in [0, 0.1) is 0 Å². The SMILES string of the molecule is COCCOCCN1CC2(CCCCC2)NCCC1C. The third-order valence-electron chi connectivity index (χ3n) is 4.96. The maximum absolute atomic E-state index is 5.65. The van der Waals surface area contributed by atoms with Gasteiger partial charge in [-0.15, -0.1) is 0 Å². The number of ether oxygens (including phenoxy) is 2. The van der Waals surface area contributed by atoms with Crippen LogP contribution in [0.1, 0.15) is 45.4 Å². The largest absolute Gasteiger partial charge is 0.382 e. The van der Waals surface area contributed by atoms with Gasteiger partial charge in [-0.2, -0.15) is 0 Å². The second-order valence-corrected chi connectivity index (χ2v) is 6.48. The summed E-state index contributed by atoms with van der Waals surface area (Å²) in [5.74, 6) is 0. The summed E-state index contributed by atoms with van der Waals surface area (Å²) in [4.78, 5) is 2.64. The minimum absolute atomic E-state index is 0.384. The molecular formula is C16H32N2O2. The van der Waals surface area contributed by atoms with Gasteiger partial charge in [-0.05, 0) is 32.7 Å². The molecule has 118 valence electrons. The molecule has 4 nitrogen and oxygen atoms in total. The first-order chi connectivity index (χ1) is 9.76. The van der Waals surface area contributed by atoms with Gasteiger partial charge in [-0.25, -0.2) is 0 Å². The lowest BCUT2D eigenvalue weighted by Gasteiger charge is -2.41. The molecular weight excluding hydrogens is 252 g/mol. The second kappa shape index (κ2) is 8.32. The Bertz CT molecular complexity index is 267. The molecule has 1 unspecified atom stereocenters. The highest BCUT2D eigenvalue weighted by Crippen LogP contribution is 2.31. The maximum atomic E-state index is 5.65. The molecule has 0 radical (unpaired) electrons. The Hall–Kier alpha value is -0.160. The topological polar surface area (TPSA) is 33.7 Å². The quantitative estimate of drug-likeness (QED) is 0.757. The molecule has 0 amide bonds. The fourth-order valence-electron chi connectivity index (χ4n) is 3.62. The van der Waals surface area contributed by atoms with Gasteiger partial charge in [-0.3, -0.25) is 4.90 Å². The molecule has 1 N–H and O–H groups in total. The Morgan fingerprint density at radius 2 is 1.95 bits per heavy atom. The van der Waals surface area contributed by atoms with Gasteiger partial charge in [0.25, 0.3) is 0 Å². The van der Waals surface area contributed by atoms with E-state index in [1.54, 1.807) is 7.11 Å². The highest BCUT2D eigenvalue weighted by Gasteiger charge is 2.36. The van der Waals surface area contributed by atoms with Crippen molar-refractivity contribution in [1.82, 2.24) is 10.2 Å². The van der Waals surface area contributed by atoms with E-state index in [2.05, 4.69) is 17.1 Å². The van der Waals surface area contributed by atoms with E-state index < -0.39 is 0 Å². The molecule has 1 saturated carbocycles. The minimum Gasteiger partial charge on any atom is -0.382 e. The molecule has 1 spiro atoms. The molecule has 1 aliphatic heterocycles. The first kappa shape index (κ1) is 16.2. The van der Waals surface area contributed by atoms with Crippen LogP contribution in [0.5, 0.6) is 0 Å². The summed E-state index contributed by atoms with van der Waals surface area (Å²) in [5.41, 5.74) is 0.384. The van der Waals surface area contributed by atoms with E-state index in [1.165, 1.54) is 51.6 Å². The Balaban J connectivity index is 1.81. The first-order valence-corrected chi connectivity index (χ1v) is 8.31. The third kappa shape index (κ3) is 4.69. The maximum Gasteiger partial charge on any atom is 0.0700 e. The molecule has 1 atom stereocenters. The van der Waals surface area contributed by atoms with Crippen molar-refractivity contribution in [3.8, 4) is 0 Å². The zero-order valence-corrected chi connectivity index (χ0v) is 13.3. The summed E-state index contributed by atoms with van der Waals surface area (Å²) in [6.07, 6.45) is 8.14. The molecule has 1 heterocycles. The Labute approximate surface area is 124 Å². The molecule has 2 fully saturated rings. The predicted octanol–water partition coefficient (Wildman–Crippen LogP) is 2.04. The fourth-order valence-corrected chi connectivity index (χ4v) is 3.62. The van der Waals surface area contributed by atoms with Gasteiger partial charge in [0.1, 0.15) is 0 Å². The van der Waals surface area contributed by atoms with Crippen molar-refractivity contribution >= 4 is 0 Å². The standard InChI is InChI=1S/C16H32N2O2/c1-15-6-9-17-16(7-4-3-5-8-16)14-18(15)10-11-20-13-12-19-2/h15,17H,3-14H2,1-2H3. The van der Waals surface area contributed by atoms with Crippen molar-refractivity contribution in [2.45, 2.75) is 57.0 Å². The van der Waals surface area contributed by atoms with Crippen LogP contribution in [0.4, 0.5) is 0 Å². The van der Waals surface area contributed by atoms with Crippen molar-refractivity contribution in [2.24, 2.45) is 0 Å². The third-order valence-corrected chi connectivity index (χ3v) is 4.96. The van der Waals surface area contributed by atoms with Crippen LogP contribution in [-0.4, -0.2) is 63.0 Å². The van der Waals surface area contributed by atoms with E-state index in [1.807, 2.05) is 0 Å². The molecule has 0 aromatic heterocycles. The summed E-state index contributed by atoms with van der Waals surface area (Å²) >= 11 is 0. The molecule has 0 bridgehead atoms. The molecule has 0 aromatic carbocycles. The van der Waals surface area contributed by atoms with E-state index in [9.17, 15) is 0 Å². The summed E-state index contributed by atoms with van der Waals surface area (Å²) in [6, 6.07) is 0.662. The smallest absolute Gasteiger partial charge is 0.0700 e. The average Bonchev–Trinajstić information content (AvgIpc) is 2.60. The summed E-state index contributed by atoms with van der Waals surface area (Å²) in [5, 5.41) is 3.87. The average molecular weight is 284 g/mol. The molecule has 1 saturated heterocycles. The van der Waals surface area contributed by atoms with Crippen LogP contribution in [0.3, 0.4) is 0 Å². The fraction of sp³-hybridized carbons (Fsp3) is 1.00. The monoisotopic (exact) mass is 284 g/mol. The normalized spacial score (nSPS) is 27.6. The minimum atomic E-state index is 0.384. The van der Waals surface area contributed by atoms with Crippen LogP contribution in [-0.2, 0) is 9.47 Å². The van der Waals surface area contributed by atoms with E-state index in [0.29, 0.717) is 24.8 Å². The molecule has 2 rings (SSSR count). The zero-order valence-electron chi connectivity index (χ0n) is 13.3. The summed E-state index contributed by atoms with van der Waals surface area (Å²) < 4.78 is 10.7. The van der Waals surface area contributed by atoms with Crippen LogP contribution >= 0.6 is 0 Å². The molecule has 20 heavy (non-hydrogen) atoms. The number of methoxy groups -OCH3 is 1. The number of hydrogen-bond acceptors (Lipinski definition) is 4. The molecule has 0 aromatic rings. The van der Waals surface area contributed by atoms with Gasteiger partial charge in [0.15, 0.2) is 0 Å². The van der Waals surface area contributed by atoms with Crippen LogP contribution in [0.2, 0.25) is 0 Å². The van der Waals surface area contributed by atoms with Crippen molar-refractivity contribution in [2.75, 3.05) is 46.6 Å². The second-order valence-electron chi connectivity index (χ2n) is 6.48. The van der Waals surface area contributed by atoms with Gasteiger partial charge < -0.3 is 14.8 Å². The Morgan fingerprint density at radius 1 is 1.15 bits per heavy atom. The molecule has 2 aliphatic rings. The summed E-state index contributed by atoms with van der Waals surface area (Å²) in [6.45, 7) is 8.00. The van der Waals surface area contributed by atoms with Gasteiger partial charge in [0, 0.05) is 31.8 Å². The van der Waals surface area contributed by atoms with Gasteiger partial charge in [0.05, 0.1) is 19.8 Å². The van der Waals surface area contributed by atoms with Crippen LogP contribution in [0.25, 0.3) is 0 Å². The highest BCUT2D eigenvalue weighted by molar-refractivity contribution is 4.96. The lowest BCUT2D eigenvalue weighted by molar-refractivity contribution is 0.0441. The molecule has 1 aliphatic carbocycles. The van der Waals surface area contributed by atoms with Crippen molar-refractivity contribution in [1.29, 1.82) is 0 Å². The Kier molecular flexibility index (Phi) is 6.75. The van der Waals surface area contributed by atoms with Gasteiger partial charge in [0.2, 0.25) is 0 Å². The number of nitrogens with one attached hydrogen (secondary N) is 1. The first-order valence-electron chi connectivity index (χ1n) is 8.31. The summed E-state index contributed by atoms with van der Waals surface area (Å²) in [7, 11) is 1.72. The lowest BCUT2D eigenvalue weighted by atomic mass is 9.81.